The third-order valence-electron chi connectivity index (χ3n) is 2.81. The molecular weight excluding hydrogens is 272 g/mol. The standard InChI is InChI=1S/C14H12N4OS/c1-10(12(19)11-6-3-2-4-7-11)20-14-16-13-15-8-5-9-18(13)17-14/h2-10H,1H3/t10-/m1/s1. The van der Waals surface area contributed by atoms with E-state index in [1.807, 2.05) is 37.3 Å². The summed E-state index contributed by atoms with van der Waals surface area (Å²) in [5, 5.41) is 4.60. The molecule has 0 amide bonds. The zero-order valence-electron chi connectivity index (χ0n) is 10.8. The molecule has 2 aromatic heterocycles. The number of hydrogen-bond donors (Lipinski definition) is 0. The quantitative estimate of drug-likeness (QED) is 0.544. The Kier molecular flexibility index (Phi) is 3.47. The van der Waals surface area contributed by atoms with Gasteiger partial charge in [0.2, 0.25) is 5.16 Å². The van der Waals surface area contributed by atoms with Gasteiger partial charge in [-0.2, -0.15) is 4.98 Å². The number of hydrogen-bond acceptors (Lipinski definition) is 5. The molecule has 0 aliphatic rings. The first-order chi connectivity index (χ1) is 9.74. The summed E-state index contributed by atoms with van der Waals surface area (Å²) in [7, 11) is 0. The van der Waals surface area contributed by atoms with E-state index in [1.165, 1.54) is 11.8 Å². The second-order valence-electron chi connectivity index (χ2n) is 4.25. The molecule has 0 bridgehead atoms. The van der Waals surface area contributed by atoms with E-state index in [2.05, 4.69) is 15.1 Å². The second kappa shape index (κ2) is 5.42. The van der Waals surface area contributed by atoms with E-state index in [9.17, 15) is 4.79 Å². The van der Waals surface area contributed by atoms with Crippen LogP contribution in [-0.2, 0) is 0 Å². The maximum atomic E-state index is 12.3. The largest absolute Gasteiger partial charge is 0.293 e. The highest BCUT2D eigenvalue weighted by Crippen LogP contribution is 2.22. The van der Waals surface area contributed by atoms with Crippen LogP contribution in [0.1, 0.15) is 17.3 Å². The monoisotopic (exact) mass is 284 g/mol. The summed E-state index contributed by atoms with van der Waals surface area (Å²) >= 11 is 1.34. The van der Waals surface area contributed by atoms with E-state index in [0.717, 1.165) is 0 Å². The first kappa shape index (κ1) is 12.8. The van der Waals surface area contributed by atoms with Crippen molar-refractivity contribution in [3.63, 3.8) is 0 Å². The van der Waals surface area contributed by atoms with Gasteiger partial charge >= 0.3 is 0 Å². The molecule has 0 unspecified atom stereocenters. The third-order valence-corrected chi connectivity index (χ3v) is 3.76. The summed E-state index contributed by atoms with van der Waals surface area (Å²) < 4.78 is 1.60. The van der Waals surface area contributed by atoms with Crippen molar-refractivity contribution in [2.45, 2.75) is 17.3 Å². The molecule has 100 valence electrons. The van der Waals surface area contributed by atoms with Gasteiger partial charge in [-0.25, -0.2) is 9.50 Å². The van der Waals surface area contributed by atoms with Crippen molar-refractivity contribution in [2.24, 2.45) is 0 Å². The van der Waals surface area contributed by atoms with Gasteiger partial charge < -0.3 is 0 Å². The Morgan fingerprint density at radius 2 is 2.05 bits per heavy atom. The number of fused-ring (bicyclic) bond motifs is 1. The molecular formula is C14H12N4OS. The van der Waals surface area contributed by atoms with Crippen molar-refractivity contribution in [1.82, 2.24) is 19.6 Å². The minimum absolute atomic E-state index is 0.0717. The zero-order chi connectivity index (χ0) is 13.9. The van der Waals surface area contributed by atoms with E-state index >= 15 is 0 Å². The average molecular weight is 284 g/mol. The van der Waals surface area contributed by atoms with Crippen LogP contribution in [0.15, 0.2) is 53.9 Å². The maximum Gasteiger partial charge on any atom is 0.253 e. The van der Waals surface area contributed by atoms with Crippen molar-refractivity contribution in [3.05, 3.63) is 54.4 Å². The van der Waals surface area contributed by atoms with E-state index in [4.69, 9.17) is 0 Å². The van der Waals surface area contributed by atoms with Crippen LogP contribution in [0.25, 0.3) is 5.78 Å². The topological polar surface area (TPSA) is 60.1 Å². The lowest BCUT2D eigenvalue weighted by Crippen LogP contribution is -2.13. The van der Waals surface area contributed by atoms with Crippen molar-refractivity contribution in [2.75, 3.05) is 0 Å². The molecule has 1 atom stereocenters. The molecule has 0 N–H and O–H groups in total. The van der Waals surface area contributed by atoms with Gasteiger partial charge in [-0.05, 0) is 13.0 Å². The normalized spacial score (nSPS) is 12.4. The number of aromatic nitrogens is 4. The highest BCUT2D eigenvalue weighted by Gasteiger charge is 2.18. The van der Waals surface area contributed by atoms with E-state index in [0.29, 0.717) is 16.5 Å². The number of rotatable bonds is 4. The zero-order valence-corrected chi connectivity index (χ0v) is 11.6. The van der Waals surface area contributed by atoms with E-state index < -0.39 is 0 Å². The maximum absolute atomic E-state index is 12.3. The minimum atomic E-state index is -0.241. The van der Waals surface area contributed by atoms with Crippen LogP contribution in [0.5, 0.6) is 0 Å². The molecule has 0 fully saturated rings. The average Bonchev–Trinajstić information content (AvgIpc) is 2.89. The van der Waals surface area contributed by atoms with Crippen LogP contribution >= 0.6 is 11.8 Å². The fourth-order valence-electron chi connectivity index (χ4n) is 1.81. The predicted octanol–water partition coefficient (Wildman–Crippen LogP) is 2.49. The van der Waals surface area contributed by atoms with Gasteiger partial charge in [-0.3, -0.25) is 4.79 Å². The Balaban J connectivity index is 1.78. The van der Waals surface area contributed by atoms with E-state index in [-0.39, 0.29) is 11.0 Å². The molecule has 5 nitrogen and oxygen atoms in total. The summed E-state index contributed by atoms with van der Waals surface area (Å²) in [6.07, 6.45) is 3.44. The molecule has 0 aliphatic carbocycles. The van der Waals surface area contributed by atoms with Crippen molar-refractivity contribution in [1.29, 1.82) is 0 Å². The lowest BCUT2D eigenvalue weighted by Gasteiger charge is -2.07. The molecule has 6 heteroatoms. The summed E-state index contributed by atoms with van der Waals surface area (Å²) in [6.45, 7) is 1.86. The highest BCUT2D eigenvalue weighted by atomic mass is 32.2. The van der Waals surface area contributed by atoms with Gasteiger partial charge in [0.05, 0.1) is 5.25 Å². The molecule has 0 saturated heterocycles. The Hall–Kier alpha value is -2.21. The molecule has 20 heavy (non-hydrogen) atoms. The molecule has 0 saturated carbocycles. The Labute approximate surface area is 120 Å². The van der Waals surface area contributed by atoms with Crippen LogP contribution in [0.3, 0.4) is 0 Å². The van der Waals surface area contributed by atoms with Gasteiger partial charge in [0.25, 0.3) is 5.78 Å². The van der Waals surface area contributed by atoms with Crippen LogP contribution < -0.4 is 0 Å². The number of Topliss-reactive ketones (excluding diaryl/α,β-unsaturated/α-hetero) is 1. The van der Waals surface area contributed by atoms with Crippen LogP contribution in [0, 0.1) is 0 Å². The number of benzene rings is 1. The van der Waals surface area contributed by atoms with Crippen LogP contribution in [0.4, 0.5) is 0 Å². The molecule has 1 aromatic carbocycles. The van der Waals surface area contributed by atoms with Gasteiger partial charge in [-0.15, -0.1) is 5.10 Å². The van der Waals surface area contributed by atoms with Crippen molar-refractivity contribution >= 4 is 23.3 Å². The molecule has 3 aromatic rings. The smallest absolute Gasteiger partial charge is 0.253 e. The fourth-order valence-corrected chi connectivity index (χ4v) is 2.64. The molecule has 2 heterocycles. The number of carbonyl (C=O) groups is 1. The summed E-state index contributed by atoms with van der Waals surface area (Å²) in [4.78, 5) is 20.6. The molecule has 0 radical (unpaired) electrons. The van der Waals surface area contributed by atoms with Crippen molar-refractivity contribution in [3.8, 4) is 0 Å². The summed E-state index contributed by atoms with van der Waals surface area (Å²) in [5.74, 6) is 0.608. The highest BCUT2D eigenvalue weighted by molar-refractivity contribution is 8.00. The van der Waals surface area contributed by atoms with Crippen LogP contribution in [0.2, 0.25) is 0 Å². The lowest BCUT2D eigenvalue weighted by atomic mass is 10.1. The SMILES string of the molecule is C[C@@H](Sc1nc2ncccn2n1)C(=O)c1ccccc1. The number of ketones is 1. The van der Waals surface area contributed by atoms with Crippen LogP contribution in [-0.4, -0.2) is 30.6 Å². The minimum Gasteiger partial charge on any atom is -0.293 e. The van der Waals surface area contributed by atoms with Gasteiger partial charge in [0.15, 0.2) is 5.78 Å². The third kappa shape index (κ3) is 2.55. The Bertz CT molecular complexity index is 708. The second-order valence-corrected chi connectivity index (χ2v) is 5.56. The fraction of sp³-hybridized carbons (Fsp3) is 0.143. The number of thioether (sulfide) groups is 1. The number of nitrogens with zero attached hydrogens (tertiary/aromatic N) is 4. The van der Waals surface area contributed by atoms with Gasteiger partial charge in [0, 0.05) is 18.0 Å². The first-order valence-electron chi connectivity index (χ1n) is 6.17. The molecule has 0 aliphatic heterocycles. The predicted molar refractivity (Wildman–Crippen MR) is 76.9 cm³/mol. The molecule has 3 rings (SSSR count). The summed E-state index contributed by atoms with van der Waals surface area (Å²) in [6, 6.07) is 11.0. The molecule has 0 spiro atoms. The Morgan fingerprint density at radius 1 is 1.25 bits per heavy atom. The van der Waals surface area contributed by atoms with Crippen molar-refractivity contribution < 1.29 is 4.79 Å². The van der Waals surface area contributed by atoms with Gasteiger partial charge in [0.1, 0.15) is 0 Å². The number of carbonyl (C=O) groups excluding carboxylic acids is 1. The van der Waals surface area contributed by atoms with Gasteiger partial charge in [-0.1, -0.05) is 42.1 Å². The Morgan fingerprint density at radius 3 is 2.80 bits per heavy atom. The van der Waals surface area contributed by atoms with E-state index in [1.54, 1.807) is 23.0 Å². The first-order valence-corrected chi connectivity index (χ1v) is 7.05. The summed E-state index contributed by atoms with van der Waals surface area (Å²) in [5.41, 5.74) is 0.703. The lowest BCUT2D eigenvalue weighted by molar-refractivity contribution is 0.0994.